The lowest BCUT2D eigenvalue weighted by Crippen LogP contribution is -2.16. The largest absolute Gasteiger partial charge is 0.477 e. The van der Waals surface area contributed by atoms with Crippen molar-refractivity contribution in [1.29, 1.82) is 0 Å². The van der Waals surface area contributed by atoms with Crippen LogP contribution in [0.2, 0.25) is 0 Å². The molecule has 0 bridgehead atoms. The molecule has 0 spiro atoms. The molecule has 20 heavy (non-hydrogen) atoms. The number of thiophene rings is 1. The van der Waals surface area contributed by atoms with E-state index < -0.39 is 11.9 Å². The van der Waals surface area contributed by atoms with Gasteiger partial charge in [0.1, 0.15) is 10.6 Å². The summed E-state index contributed by atoms with van der Waals surface area (Å²) >= 11 is 1.03. The van der Waals surface area contributed by atoms with Gasteiger partial charge in [-0.15, -0.1) is 11.3 Å². The molecular weight excluding hydrogens is 280 g/mol. The molecule has 0 atom stereocenters. The first-order chi connectivity index (χ1) is 9.40. The number of nitrogens with zero attached hydrogens (tertiary/aromatic N) is 1. The van der Waals surface area contributed by atoms with Gasteiger partial charge in [-0.1, -0.05) is 0 Å². The molecule has 2 rings (SSSR count). The average Bonchev–Trinajstić information content (AvgIpc) is 2.95. The Bertz CT molecular complexity index is 699. The lowest BCUT2D eigenvalue weighted by Gasteiger charge is -2.05. The molecular formula is C13H12N2O4S. The number of carbonyl (C=O) groups is 3. The number of hydrogen-bond donors (Lipinski definition) is 2. The molecule has 2 heterocycles. The highest BCUT2D eigenvalue weighted by atomic mass is 32.1. The molecule has 0 saturated carbocycles. The van der Waals surface area contributed by atoms with Crippen LogP contribution in [0.4, 0.5) is 5.69 Å². The second-order valence-corrected chi connectivity index (χ2v) is 5.12. The molecule has 2 N–H and O–H groups in total. The van der Waals surface area contributed by atoms with E-state index in [1.165, 1.54) is 23.6 Å². The zero-order chi connectivity index (χ0) is 14.9. The maximum absolute atomic E-state index is 12.1. The number of ketones is 1. The first-order valence-corrected chi connectivity index (χ1v) is 6.57. The molecule has 1 amide bonds. The van der Waals surface area contributed by atoms with Crippen molar-refractivity contribution in [3.63, 3.8) is 0 Å². The molecule has 2 aromatic rings. The maximum Gasteiger partial charge on any atom is 0.348 e. The van der Waals surface area contributed by atoms with Gasteiger partial charge in [0.15, 0.2) is 5.78 Å². The zero-order valence-corrected chi connectivity index (χ0v) is 11.7. The molecule has 0 unspecified atom stereocenters. The number of rotatable bonds is 4. The minimum atomic E-state index is -1.09. The molecule has 104 valence electrons. The quantitative estimate of drug-likeness (QED) is 0.846. The minimum absolute atomic E-state index is 0.0688. The van der Waals surface area contributed by atoms with Crippen molar-refractivity contribution in [3.8, 4) is 0 Å². The minimum Gasteiger partial charge on any atom is -0.477 e. The molecule has 0 aliphatic rings. The molecule has 7 heteroatoms. The van der Waals surface area contributed by atoms with Crippen molar-refractivity contribution >= 4 is 34.7 Å². The second kappa shape index (κ2) is 5.30. The molecule has 0 radical (unpaired) electrons. The van der Waals surface area contributed by atoms with Crippen LogP contribution in [0.25, 0.3) is 0 Å². The van der Waals surface area contributed by atoms with Crippen LogP contribution in [-0.2, 0) is 7.05 Å². The number of amides is 1. The molecule has 2 aromatic heterocycles. The third kappa shape index (κ3) is 2.62. The Kier molecular flexibility index (Phi) is 3.71. The summed E-state index contributed by atoms with van der Waals surface area (Å²) in [5, 5.41) is 13.1. The highest BCUT2D eigenvalue weighted by molar-refractivity contribution is 7.12. The van der Waals surface area contributed by atoms with Gasteiger partial charge < -0.3 is 15.0 Å². The van der Waals surface area contributed by atoms with Crippen molar-refractivity contribution < 1.29 is 19.5 Å². The summed E-state index contributed by atoms with van der Waals surface area (Å²) in [6, 6.07) is 3.01. The van der Waals surface area contributed by atoms with Gasteiger partial charge in [0.25, 0.3) is 5.91 Å². The highest BCUT2D eigenvalue weighted by Gasteiger charge is 2.18. The van der Waals surface area contributed by atoms with Crippen molar-refractivity contribution in [3.05, 3.63) is 39.8 Å². The fourth-order valence-electron chi connectivity index (χ4n) is 1.74. The SMILES string of the molecule is CC(=O)c1cc(C(=O)Nc2ccsc2C(=O)O)n(C)c1. The van der Waals surface area contributed by atoms with Crippen LogP contribution in [0.5, 0.6) is 0 Å². The van der Waals surface area contributed by atoms with Gasteiger partial charge in [-0.05, 0) is 24.4 Å². The topological polar surface area (TPSA) is 88.4 Å². The standard InChI is InChI=1S/C13H12N2O4S/c1-7(16)8-5-10(15(2)6-8)12(17)14-9-3-4-20-11(9)13(18)19/h3-6H,1-2H3,(H,14,17)(H,18,19). The Morgan fingerprint density at radius 1 is 1.35 bits per heavy atom. The summed E-state index contributed by atoms with van der Waals surface area (Å²) < 4.78 is 1.53. The summed E-state index contributed by atoms with van der Waals surface area (Å²) in [6.07, 6.45) is 1.56. The van der Waals surface area contributed by atoms with Gasteiger partial charge in [-0.2, -0.15) is 0 Å². The third-order valence-electron chi connectivity index (χ3n) is 2.75. The average molecular weight is 292 g/mol. The van der Waals surface area contributed by atoms with Gasteiger partial charge in [-0.3, -0.25) is 9.59 Å². The van der Waals surface area contributed by atoms with E-state index >= 15 is 0 Å². The Hall–Kier alpha value is -2.41. The highest BCUT2D eigenvalue weighted by Crippen LogP contribution is 2.23. The molecule has 6 nitrogen and oxygen atoms in total. The normalized spacial score (nSPS) is 10.3. The number of hydrogen-bond acceptors (Lipinski definition) is 4. The van der Waals surface area contributed by atoms with Crippen LogP contribution in [0, 0.1) is 0 Å². The zero-order valence-electron chi connectivity index (χ0n) is 10.8. The van der Waals surface area contributed by atoms with Crippen LogP contribution in [0.3, 0.4) is 0 Å². The Balaban J connectivity index is 2.26. The molecule has 0 aromatic carbocycles. The van der Waals surface area contributed by atoms with Crippen LogP contribution >= 0.6 is 11.3 Å². The van der Waals surface area contributed by atoms with Crippen molar-refractivity contribution in [2.24, 2.45) is 7.05 Å². The van der Waals surface area contributed by atoms with Crippen molar-refractivity contribution in [2.45, 2.75) is 6.92 Å². The predicted octanol–water partition coefficient (Wildman–Crippen LogP) is 2.24. The van der Waals surface area contributed by atoms with Crippen molar-refractivity contribution in [1.82, 2.24) is 4.57 Å². The lowest BCUT2D eigenvalue weighted by atomic mass is 10.2. The summed E-state index contributed by atoms with van der Waals surface area (Å²) in [6.45, 7) is 1.42. The van der Waals surface area contributed by atoms with E-state index in [0.29, 0.717) is 5.56 Å². The summed E-state index contributed by atoms with van der Waals surface area (Å²) in [7, 11) is 1.65. The maximum atomic E-state index is 12.1. The molecule has 0 saturated heterocycles. The Morgan fingerprint density at radius 3 is 2.60 bits per heavy atom. The molecule has 0 fully saturated rings. The summed E-state index contributed by atoms with van der Waals surface area (Å²) in [5.74, 6) is -1.69. The second-order valence-electron chi connectivity index (χ2n) is 4.20. The number of aromatic nitrogens is 1. The summed E-state index contributed by atoms with van der Waals surface area (Å²) in [5.41, 5.74) is 0.970. The first kappa shape index (κ1) is 14.0. The van der Waals surface area contributed by atoms with E-state index in [4.69, 9.17) is 5.11 Å². The van der Waals surface area contributed by atoms with Gasteiger partial charge in [0.2, 0.25) is 0 Å². The monoisotopic (exact) mass is 292 g/mol. The van der Waals surface area contributed by atoms with Crippen LogP contribution in [0.15, 0.2) is 23.7 Å². The number of carbonyl (C=O) groups excluding carboxylic acids is 2. The fourth-order valence-corrected chi connectivity index (χ4v) is 2.43. The van der Waals surface area contributed by atoms with E-state index in [0.717, 1.165) is 11.3 Å². The smallest absolute Gasteiger partial charge is 0.348 e. The number of Topliss-reactive ketones (excluding diaryl/α,β-unsaturated/α-hetero) is 1. The van der Waals surface area contributed by atoms with E-state index in [9.17, 15) is 14.4 Å². The van der Waals surface area contributed by atoms with Crippen LogP contribution in [0.1, 0.15) is 37.4 Å². The fraction of sp³-hybridized carbons (Fsp3) is 0.154. The number of carboxylic acid groups (broad SMARTS) is 1. The van der Waals surface area contributed by atoms with Crippen LogP contribution in [-0.4, -0.2) is 27.3 Å². The third-order valence-corrected chi connectivity index (χ3v) is 3.65. The van der Waals surface area contributed by atoms with E-state index in [-0.39, 0.29) is 22.0 Å². The number of anilines is 1. The Morgan fingerprint density at radius 2 is 2.05 bits per heavy atom. The molecule has 0 aliphatic heterocycles. The van der Waals surface area contributed by atoms with Gasteiger partial charge >= 0.3 is 5.97 Å². The van der Waals surface area contributed by atoms with E-state index in [1.807, 2.05) is 0 Å². The van der Waals surface area contributed by atoms with Crippen molar-refractivity contribution in [2.75, 3.05) is 5.32 Å². The number of nitrogens with one attached hydrogen (secondary N) is 1. The lowest BCUT2D eigenvalue weighted by molar-refractivity contribution is 0.0703. The van der Waals surface area contributed by atoms with Gasteiger partial charge in [0.05, 0.1) is 5.69 Å². The first-order valence-electron chi connectivity index (χ1n) is 5.69. The summed E-state index contributed by atoms with van der Waals surface area (Å²) in [4.78, 5) is 34.4. The van der Waals surface area contributed by atoms with Gasteiger partial charge in [-0.25, -0.2) is 4.79 Å². The number of aryl methyl sites for hydroxylation is 1. The number of aromatic carboxylic acids is 1. The van der Waals surface area contributed by atoms with E-state index in [1.54, 1.807) is 18.6 Å². The van der Waals surface area contributed by atoms with Gasteiger partial charge in [0, 0.05) is 18.8 Å². The van der Waals surface area contributed by atoms with E-state index in [2.05, 4.69) is 5.32 Å². The predicted molar refractivity (Wildman–Crippen MR) is 74.6 cm³/mol. The molecule has 0 aliphatic carbocycles. The van der Waals surface area contributed by atoms with Crippen LogP contribution < -0.4 is 5.32 Å². The number of carboxylic acids is 1. The Labute approximate surface area is 118 Å².